The van der Waals surface area contributed by atoms with Gasteiger partial charge >= 0.3 is 6.18 Å². The predicted molar refractivity (Wildman–Crippen MR) is 67.8 cm³/mol. The molecule has 0 radical (unpaired) electrons. The van der Waals surface area contributed by atoms with E-state index in [1.54, 1.807) is 11.9 Å². The molecule has 0 bridgehead atoms. The highest BCUT2D eigenvalue weighted by Crippen LogP contribution is 2.19. The van der Waals surface area contributed by atoms with Crippen molar-refractivity contribution in [3.8, 4) is 0 Å². The molecule has 0 saturated heterocycles. The van der Waals surface area contributed by atoms with Crippen molar-refractivity contribution >= 4 is 5.69 Å². The van der Waals surface area contributed by atoms with Crippen LogP contribution in [0.25, 0.3) is 0 Å². The van der Waals surface area contributed by atoms with E-state index in [4.69, 9.17) is 0 Å². The second kappa shape index (κ2) is 6.64. The molecule has 102 valence electrons. The van der Waals surface area contributed by atoms with Crippen LogP contribution in [-0.4, -0.2) is 37.8 Å². The molecule has 0 aliphatic heterocycles. The molecule has 1 aromatic rings. The van der Waals surface area contributed by atoms with Gasteiger partial charge < -0.3 is 10.2 Å². The van der Waals surface area contributed by atoms with Crippen LogP contribution in [0, 0.1) is 6.92 Å². The topological polar surface area (TPSA) is 15.3 Å². The van der Waals surface area contributed by atoms with Crippen LogP contribution in [-0.2, 0) is 0 Å². The third-order valence-electron chi connectivity index (χ3n) is 2.62. The number of likely N-dealkylation sites (N-methyl/N-ethyl adjacent to an activating group) is 1. The molecule has 1 N–H and O–H groups in total. The highest BCUT2D eigenvalue weighted by molar-refractivity contribution is 5.45. The van der Waals surface area contributed by atoms with Crippen LogP contribution >= 0.6 is 0 Å². The predicted octanol–water partition coefficient (Wildman–Crippen LogP) is 3.29. The summed E-state index contributed by atoms with van der Waals surface area (Å²) >= 11 is 0. The third-order valence-corrected chi connectivity index (χ3v) is 2.62. The molecule has 0 heterocycles. The second-order valence-corrected chi connectivity index (χ2v) is 4.46. The van der Waals surface area contributed by atoms with Crippen LogP contribution in [0.2, 0.25) is 0 Å². The van der Waals surface area contributed by atoms with Crippen molar-refractivity contribution in [1.82, 2.24) is 4.90 Å². The average molecular weight is 260 g/mol. The summed E-state index contributed by atoms with van der Waals surface area (Å²) in [6.45, 7) is 3.27. The molecule has 5 heteroatoms. The minimum Gasteiger partial charge on any atom is -0.384 e. The molecule has 0 saturated carbocycles. The van der Waals surface area contributed by atoms with E-state index in [2.05, 4.69) is 5.32 Å². The number of hydrogen-bond donors (Lipinski definition) is 1. The van der Waals surface area contributed by atoms with Crippen molar-refractivity contribution in [3.63, 3.8) is 0 Å². The van der Waals surface area contributed by atoms with Crippen molar-refractivity contribution in [2.24, 2.45) is 0 Å². The molecule has 0 unspecified atom stereocenters. The number of anilines is 1. The van der Waals surface area contributed by atoms with Crippen molar-refractivity contribution in [2.75, 3.05) is 32.0 Å². The second-order valence-electron chi connectivity index (χ2n) is 4.46. The van der Waals surface area contributed by atoms with Gasteiger partial charge in [0.1, 0.15) is 0 Å². The van der Waals surface area contributed by atoms with Gasteiger partial charge in [-0.3, -0.25) is 0 Å². The molecule has 0 amide bonds. The van der Waals surface area contributed by atoms with E-state index in [9.17, 15) is 13.2 Å². The van der Waals surface area contributed by atoms with Crippen LogP contribution in [0.15, 0.2) is 24.3 Å². The normalized spacial score (nSPS) is 11.9. The number of hydrogen-bond acceptors (Lipinski definition) is 2. The number of halogens is 3. The number of alkyl halides is 3. The summed E-state index contributed by atoms with van der Waals surface area (Å²) in [5, 5.41) is 3.19. The molecule has 0 fully saturated rings. The van der Waals surface area contributed by atoms with Crippen molar-refractivity contribution < 1.29 is 13.2 Å². The van der Waals surface area contributed by atoms with E-state index in [1.165, 1.54) is 0 Å². The molecule has 0 aliphatic carbocycles. The largest absolute Gasteiger partial charge is 0.390 e. The van der Waals surface area contributed by atoms with E-state index in [-0.39, 0.29) is 6.54 Å². The summed E-state index contributed by atoms with van der Waals surface area (Å²) < 4.78 is 36.0. The van der Waals surface area contributed by atoms with Gasteiger partial charge in [0.15, 0.2) is 0 Å². The summed E-state index contributed by atoms with van der Waals surface area (Å²) in [5.74, 6) is 0. The molecular formula is C13H19F3N2. The first-order valence-corrected chi connectivity index (χ1v) is 5.93. The Bertz CT molecular complexity index is 363. The standard InChI is InChI=1S/C13H19F3N2/c1-11-4-3-5-12(10-11)17-7-9-18(2)8-6-13(14,15)16/h3-5,10,17H,6-9H2,1-2H3. The first-order chi connectivity index (χ1) is 8.37. The first-order valence-electron chi connectivity index (χ1n) is 5.93. The summed E-state index contributed by atoms with van der Waals surface area (Å²) in [4.78, 5) is 1.68. The first kappa shape index (κ1) is 14.8. The Kier molecular flexibility index (Phi) is 5.47. The van der Waals surface area contributed by atoms with Gasteiger partial charge in [-0.2, -0.15) is 13.2 Å². The zero-order valence-corrected chi connectivity index (χ0v) is 10.7. The molecule has 0 spiro atoms. The fourth-order valence-corrected chi connectivity index (χ4v) is 1.58. The van der Waals surface area contributed by atoms with Crippen molar-refractivity contribution in [3.05, 3.63) is 29.8 Å². The lowest BCUT2D eigenvalue weighted by Gasteiger charge is -2.18. The van der Waals surface area contributed by atoms with Crippen LogP contribution in [0.1, 0.15) is 12.0 Å². The molecule has 0 aromatic heterocycles. The van der Waals surface area contributed by atoms with Gasteiger partial charge in [0.2, 0.25) is 0 Å². The Balaban J connectivity index is 2.21. The molecule has 0 atom stereocenters. The van der Waals surface area contributed by atoms with E-state index >= 15 is 0 Å². The van der Waals surface area contributed by atoms with Crippen molar-refractivity contribution in [2.45, 2.75) is 19.5 Å². The van der Waals surface area contributed by atoms with Crippen LogP contribution in [0.3, 0.4) is 0 Å². The summed E-state index contributed by atoms with van der Waals surface area (Å²) in [5.41, 5.74) is 2.16. The smallest absolute Gasteiger partial charge is 0.384 e. The molecule has 18 heavy (non-hydrogen) atoms. The highest BCUT2D eigenvalue weighted by atomic mass is 19.4. The number of rotatable bonds is 6. The van der Waals surface area contributed by atoms with Crippen molar-refractivity contribution in [1.29, 1.82) is 0 Å². The van der Waals surface area contributed by atoms with Gasteiger partial charge in [-0.25, -0.2) is 0 Å². The zero-order chi connectivity index (χ0) is 13.6. The Morgan fingerprint density at radius 2 is 1.94 bits per heavy atom. The third kappa shape index (κ3) is 6.49. The summed E-state index contributed by atoms with van der Waals surface area (Å²) in [6.07, 6.45) is -4.83. The van der Waals surface area contributed by atoms with Crippen LogP contribution in [0.4, 0.5) is 18.9 Å². The van der Waals surface area contributed by atoms with E-state index in [0.29, 0.717) is 13.1 Å². The lowest BCUT2D eigenvalue weighted by atomic mass is 10.2. The van der Waals surface area contributed by atoms with Gasteiger partial charge in [-0.1, -0.05) is 12.1 Å². The molecule has 1 aromatic carbocycles. The monoisotopic (exact) mass is 260 g/mol. The summed E-state index contributed by atoms with van der Waals surface area (Å²) in [7, 11) is 1.70. The zero-order valence-electron chi connectivity index (χ0n) is 10.7. The lowest BCUT2D eigenvalue weighted by molar-refractivity contribution is -0.137. The minimum atomic E-state index is -4.07. The Labute approximate surface area is 106 Å². The SMILES string of the molecule is Cc1cccc(NCCN(C)CCC(F)(F)F)c1. The Morgan fingerprint density at radius 3 is 2.56 bits per heavy atom. The number of aryl methyl sites for hydroxylation is 1. The Hall–Kier alpha value is -1.23. The molecular weight excluding hydrogens is 241 g/mol. The molecule has 1 rings (SSSR count). The number of nitrogens with zero attached hydrogens (tertiary/aromatic N) is 1. The van der Waals surface area contributed by atoms with Gasteiger partial charge in [0.25, 0.3) is 0 Å². The maximum Gasteiger partial charge on any atom is 0.390 e. The Morgan fingerprint density at radius 1 is 1.22 bits per heavy atom. The maximum atomic E-state index is 12.0. The molecule has 2 nitrogen and oxygen atoms in total. The quantitative estimate of drug-likeness (QED) is 0.844. The fourth-order valence-electron chi connectivity index (χ4n) is 1.58. The average Bonchev–Trinajstić information content (AvgIpc) is 2.25. The maximum absolute atomic E-state index is 12.0. The minimum absolute atomic E-state index is 0.0407. The number of nitrogens with one attached hydrogen (secondary N) is 1. The summed E-state index contributed by atoms with van der Waals surface area (Å²) in [6, 6.07) is 7.91. The number of benzene rings is 1. The van der Waals surface area contributed by atoms with Crippen LogP contribution < -0.4 is 5.32 Å². The van der Waals surface area contributed by atoms with Gasteiger partial charge in [0, 0.05) is 25.3 Å². The fraction of sp³-hybridized carbons (Fsp3) is 0.538. The highest BCUT2D eigenvalue weighted by Gasteiger charge is 2.26. The van der Waals surface area contributed by atoms with Crippen LogP contribution in [0.5, 0.6) is 0 Å². The van der Waals surface area contributed by atoms with E-state index < -0.39 is 12.6 Å². The van der Waals surface area contributed by atoms with E-state index in [1.807, 2.05) is 31.2 Å². The lowest BCUT2D eigenvalue weighted by Crippen LogP contribution is -2.29. The van der Waals surface area contributed by atoms with Gasteiger partial charge in [-0.05, 0) is 31.7 Å². The van der Waals surface area contributed by atoms with Gasteiger partial charge in [0.05, 0.1) is 6.42 Å². The van der Waals surface area contributed by atoms with Gasteiger partial charge in [-0.15, -0.1) is 0 Å². The molecule has 0 aliphatic rings. The van der Waals surface area contributed by atoms with E-state index in [0.717, 1.165) is 11.3 Å².